The summed E-state index contributed by atoms with van der Waals surface area (Å²) in [6, 6.07) is 6.98. The van der Waals surface area contributed by atoms with Crippen molar-refractivity contribution in [2.45, 2.75) is 0 Å². The Hall–Kier alpha value is -1.16. The van der Waals surface area contributed by atoms with Gasteiger partial charge in [0.05, 0.1) is 5.56 Å². The highest BCUT2D eigenvalue weighted by atomic mass is 32.1. The number of rotatable bonds is 3. The van der Waals surface area contributed by atoms with Crippen molar-refractivity contribution in [2.75, 3.05) is 18.0 Å². The predicted octanol–water partition coefficient (Wildman–Crippen LogP) is 0.928. The van der Waals surface area contributed by atoms with Gasteiger partial charge in [0.2, 0.25) is 0 Å². The number of nitrogens with two attached hydrogens (primary N) is 1. The minimum absolute atomic E-state index is 0.146. The second-order valence-electron chi connectivity index (χ2n) is 2.57. The molecule has 0 atom stereocenters. The minimum Gasteiger partial charge on any atom is -0.398 e. The van der Waals surface area contributed by atoms with Gasteiger partial charge in [0, 0.05) is 18.0 Å². The number of hydrogen-bond donors (Lipinski definition) is 3. The Morgan fingerprint density at radius 2 is 2.15 bits per heavy atom. The van der Waals surface area contributed by atoms with Crippen molar-refractivity contribution in [1.29, 1.82) is 0 Å². The van der Waals surface area contributed by atoms with Crippen LogP contribution < -0.4 is 11.1 Å². The molecule has 3 N–H and O–H groups in total. The van der Waals surface area contributed by atoms with Crippen molar-refractivity contribution in [3.63, 3.8) is 0 Å². The highest BCUT2D eigenvalue weighted by Crippen LogP contribution is 2.09. The predicted molar refractivity (Wildman–Crippen MR) is 57.0 cm³/mol. The Kier molecular flexibility index (Phi) is 3.64. The van der Waals surface area contributed by atoms with Gasteiger partial charge >= 0.3 is 0 Å². The number of benzene rings is 1. The quantitative estimate of drug-likeness (QED) is 0.497. The highest BCUT2D eigenvalue weighted by molar-refractivity contribution is 7.80. The molecule has 4 heteroatoms. The number of amides is 1. The molecule has 0 aromatic heterocycles. The molecule has 0 spiro atoms. The number of nitrogen functional groups attached to an aromatic ring is 1. The maximum atomic E-state index is 11.4. The molecule has 1 aromatic rings. The van der Waals surface area contributed by atoms with Gasteiger partial charge < -0.3 is 11.1 Å². The van der Waals surface area contributed by atoms with E-state index in [-0.39, 0.29) is 5.91 Å². The van der Waals surface area contributed by atoms with Gasteiger partial charge in [-0.15, -0.1) is 0 Å². The van der Waals surface area contributed by atoms with E-state index in [1.54, 1.807) is 24.3 Å². The van der Waals surface area contributed by atoms with Crippen LogP contribution in [0.25, 0.3) is 0 Å². The van der Waals surface area contributed by atoms with Gasteiger partial charge in [-0.3, -0.25) is 4.79 Å². The fraction of sp³-hybridized carbons (Fsp3) is 0.222. The third kappa shape index (κ3) is 2.66. The van der Waals surface area contributed by atoms with Crippen LogP contribution in [0.15, 0.2) is 24.3 Å². The van der Waals surface area contributed by atoms with Crippen LogP contribution in [0.4, 0.5) is 5.69 Å². The van der Waals surface area contributed by atoms with Crippen LogP contribution in [-0.4, -0.2) is 18.2 Å². The lowest BCUT2D eigenvalue weighted by molar-refractivity contribution is 0.0957. The third-order valence-electron chi connectivity index (χ3n) is 1.60. The van der Waals surface area contributed by atoms with E-state index in [0.717, 1.165) is 0 Å². The van der Waals surface area contributed by atoms with Crippen molar-refractivity contribution in [3.8, 4) is 0 Å². The van der Waals surface area contributed by atoms with Gasteiger partial charge in [0.1, 0.15) is 0 Å². The molecule has 0 saturated carbocycles. The number of anilines is 1. The van der Waals surface area contributed by atoms with Crippen molar-refractivity contribution < 1.29 is 4.79 Å². The van der Waals surface area contributed by atoms with Crippen LogP contribution in [0.5, 0.6) is 0 Å². The molecule has 0 radical (unpaired) electrons. The molecule has 0 aliphatic carbocycles. The van der Waals surface area contributed by atoms with Crippen molar-refractivity contribution in [3.05, 3.63) is 29.8 Å². The molecule has 70 valence electrons. The lowest BCUT2D eigenvalue weighted by Gasteiger charge is -2.05. The van der Waals surface area contributed by atoms with E-state index in [1.807, 2.05) is 0 Å². The molecule has 0 unspecified atom stereocenters. The minimum atomic E-state index is -0.146. The maximum absolute atomic E-state index is 11.4. The number of carbonyl (C=O) groups excluding carboxylic acids is 1. The largest absolute Gasteiger partial charge is 0.398 e. The lowest BCUT2D eigenvalue weighted by atomic mass is 10.2. The lowest BCUT2D eigenvalue weighted by Crippen LogP contribution is -2.26. The van der Waals surface area contributed by atoms with Crippen LogP contribution >= 0.6 is 12.6 Å². The van der Waals surface area contributed by atoms with Crippen molar-refractivity contribution >= 4 is 24.2 Å². The van der Waals surface area contributed by atoms with E-state index in [0.29, 0.717) is 23.5 Å². The molecule has 3 nitrogen and oxygen atoms in total. The van der Waals surface area contributed by atoms with Gasteiger partial charge in [-0.2, -0.15) is 12.6 Å². The Morgan fingerprint density at radius 1 is 1.46 bits per heavy atom. The van der Waals surface area contributed by atoms with Crippen LogP contribution in [0.1, 0.15) is 10.4 Å². The average molecular weight is 196 g/mol. The smallest absolute Gasteiger partial charge is 0.253 e. The number of thiol groups is 1. The molecule has 13 heavy (non-hydrogen) atoms. The fourth-order valence-corrected chi connectivity index (χ4v) is 1.08. The zero-order valence-electron chi connectivity index (χ0n) is 7.16. The normalized spacial score (nSPS) is 9.62. The van der Waals surface area contributed by atoms with E-state index in [4.69, 9.17) is 5.73 Å². The first-order chi connectivity index (χ1) is 6.25. The molecule has 1 amide bonds. The molecule has 0 bridgehead atoms. The summed E-state index contributed by atoms with van der Waals surface area (Å²) < 4.78 is 0. The Morgan fingerprint density at radius 3 is 2.77 bits per heavy atom. The average Bonchev–Trinajstić information content (AvgIpc) is 2.15. The molecule has 1 rings (SSSR count). The maximum Gasteiger partial charge on any atom is 0.253 e. The summed E-state index contributed by atoms with van der Waals surface area (Å²) in [5.41, 5.74) is 6.63. The molecular formula is C9H12N2OS. The Bertz CT molecular complexity index is 301. The molecular weight excluding hydrogens is 184 g/mol. The summed E-state index contributed by atoms with van der Waals surface area (Å²) in [7, 11) is 0. The monoisotopic (exact) mass is 196 g/mol. The topological polar surface area (TPSA) is 55.1 Å². The Balaban J connectivity index is 2.71. The van der Waals surface area contributed by atoms with E-state index in [9.17, 15) is 4.79 Å². The summed E-state index contributed by atoms with van der Waals surface area (Å²) in [5.74, 6) is 0.477. The first kappa shape index (κ1) is 9.92. The molecule has 0 fully saturated rings. The Labute approximate surface area is 82.7 Å². The summed E-state index contributed by atoms with van der Waals surface area (Å²) in [6.07, 6.45) is 0. The fourth-order valence-electron chi connectivity index (χ4n) is 0.968. The summed E-state index contributed by atoms with van der Waals surface area (Å²) in [5, 5.41) is 2.69. The second-order valence-corrected chi connectivity index (χ2v) is 3.01. The van der Waals surface area contributed by atoms with Crippen molar-refractivity contribution in [1.82, 2.24) is 5.32 Å². The molecule has 0 aliphatic heterocycles. The third-order valence-corrected chi connectivity index (χ3v) is 1.83. The van der Waals surface area contributed by atoms with Crippen LogP contribution in [0.3, 0.4) is 0 Å². The zero-order chi connectivity index (χ0) is 9.68. The number of hydrogen-bond acceptors (Lipinski definition) is 3. The summed E-state index contributed by atoms with van der Waals surface area (Å²) in [4.78, 5) is 11.4. The van der Waals surface area contributed by atoms with E-state index < -0.39 is 0 Å². The van der Waals surface area contributed by atoms with Gasteiger partial charge in [-0.25, -0.2) is 0 Å². The standard InChI is InChI=1S/C9H12N2OS/c10-8-4-2-1-3-7(8)9(12)11-5-6-13/h1-4,13H,5-6,10H2,(H,11,12). The summed E-state index contributed by atoms with van der Waals surface area (Å²) >= 11 is 3.99. The van der Waals surface area contributed by atoms with Gasteiger partial charge in [-0.05, 0) is 12.1 Å². The first-order valence-electron chi connectivity index (χ1n) is 3.99. The first-order valence-corrected chi connectivity index (χ1v) is 4.62. The SMILES string of the molecule is Nc1ccccc1C(=O)NCCS. The molecule has 1 aromatic carbocycles. The van der Waals surface area contributed by atoms with Gasteiger partial charge in [0.15, 0.2) is 0 Å². The number of para-hydroxylation sites is 1. The summed E-state index contributed by atoms with van der Waals surface area (Å²) in [6.45, 7) is 0.552. The van der Waals surface area contributed by atoms with Crippen molar-refractivity contribution in [2.24, 2.45) is 0 Å². The number of carbonyl (C=O) groups is 1. The number of nitrogens with one attached hydrogen (secondary N) is 1. The van der Waals surface area contributed by atoms with Gasteiger partial charge in [-0.1, -0.05) is 12.1 Å². The molecule has 0 saturated heterocycles. The van der Waals surface area contributed by atoms with E-state index >= 15 is 0 Å². The van der Waals surface area contributed by atoms with E-state index in [2.05, 4.69) is 17.9 Å². The van der Waals surface area contributed by atoms with Crippen LogP contribution in [0, 0.1) is 0 Å². The highest BCUT2D eigenvalue weighted by Gasteiger charge is 2.06. The molecule has 0 aliphatic rings. The zero-order valence-corrected chi connectivity index (χ0v) is 8.05. The van der Waals surface area contributed by atoms with Crippen LogP contribution in [0.2, 0.25) is 0 Å². The molecule has 0 heterocycles. The van der Waals surface area contributed by atoms with Crippen LogP contribution in [-0.2, 0) is 0 Å². The van der Waals surface area contributed by atoms with Gasteiger partial charge in [0.25, 0.3) is 5.91 Å². The van der Waals surface area contributed by atoms with E-state index in [1.165, 1.54) is 0 Å². The second kappa shape index (κ2) is 4.77.